The van der Waals surface area contributed by atoms with E-state index in [0.29, 0.717) is 31.9 Å². The molecule has 23 heavy (non-hydrogen) atoms. The van der Waals surface area contributed by atoms with Crippen LogP contribution in [-0.4, -0.2) is 47.5 Å². The number of rotatable bonds is 4. The highest BCUT2D eigenvalue weighted by molar-refractivity contribution is 6.07. The van der Waals surface area contributed by atoms with E-state index < -0.39 is 0 Å². The van der Waals surface area contributed by atoms with Crippen molar-refractivity contribution in [3.05, 3.63) is 35.5 Å². The molecule has 0 radical (unpaired) electrons. The van der Waals surface area contributed by atoms with Gasteiger partial charge in [0.25, 0.3) is 0 Å². The lowest BCUT2D eigenvalue weighted by Gasteiger charge is -2.27. The average molecular weight is 314 g/mol. The van der Waals surface area contributed by atoms with Gasteiger partial charge in [-0.1, -0.05) is 25.1 Å². The number of hydrogen-bond acceptors (Lipinski definition) is 3. The van der Waals surface area contributed by atoms with Crippen LogP contribution in [0.3, 0.4) is 0 Å². The van der Waals surface area contributed by atoms with E-state index >= 15 is 0 Å². The fraction of sp³-hybridized carbons (Fsp3) is 0.444. The minimum Gasteiger partial charge on any atom is -0.378 e. The van der Waals surface area contributed by atoms with Crippen LogP contribution in [0.5, 0.6) is 0 Å². The lowest BCUT2D eigenvalue weighted by Crippen LogP contribution is -2.42. The van der Waals surface area contributed by atoms with Crippen LogP contribution in [0, 0.1) is 0 Å². The first kappa shape index (κ1) is 15.7. The first-order chi connectivity index (χ1) is 11.1. The van der Waals surface area contributed by atoms with Crippen LogP contribution < -0.4 is 0 Å². The number of morpholine rings is 1. The van der Waals surface area contributed by atoms with E-state index in [0.717, 1.165) is 22.9 Å². The molecule has 0 bridgehead atoms. The molecule has 1 aliphatic rings. The summed E-state index contributed by atoms with van der Waals surface area (Å²) in [6, 6.07) is 5.99. The molecule has 2 aromatic rings. The molecular weight excluding hydrogens is 292 g/mol. The quantitative estimate of drug-likeness (QED) is 0.814. The second-order valence-corrected chi connectivity index (χ2v) is 5.89. The number of ketones is 1. The van der Waals surface area contributed by atoms with Gasteiger partial charge in [0, 0.05) is 30.2 Å². The molecular formula is C18H22N2O3. The Bertz CT molecular complexity index is 742. The van der Waals surface area contributed by atoms with Crippen LogP contribution in [0.15, 0.2) is 24.4 Å². The summed E-state index contributed by atoms with van der Waals surface area (Å²) in [5.41, 5.74) is 2.84. The van der Waals surface area contributed by atoms with Gasteiger partial charge in [0.05, 0.1) is 18.7 Å². The van der Waals surface area contributed by atoms with Gasteiger partial charge in [-0.2, -0.15) is 0 Å². The van der Waals surface area contributed by atoms with Crippen LogP contribution in [0.4, 0.5) is 0 Å². The summed E-state index contributed by atoms with van der Waals surface area (Å²) >= 11 is 0. The molecule has 5 nitrogen and oxygen atoms in total. The van der Waals surface area contributed by atoms with Gasteiger partial charge in [0.15, 0.2) is 5.78 Å². The molecule has 3 rings (SSSR count). The van der Waals surface area contributed by atoms with Crippen LogP contribution in [-0.2, 0) is 22.5 Å². The first-order valence-electron chi connectivity index (χ1n) is 8.09. The molecule has 5 heteroatoms. The molecule has 1 saturated heterocycles. The molecule has 1 amide bonds. The predicted molar refractivity (Wildman–Crippen MR) is 88.7 cm³/mol. The van der Waals surface area contributed by atoms with Gasteiger partial charge in [-0.3, -0.25) is 9.59 Å². The maximum absolute atomic E-state index is 12.6. The van der Waals surface area contributed by atoms with Crippen molar-refractivity contribution >= 4 is 22.6 Å². The number of aromatic nitrogens is 1. The Morgan fingerprint density at radius 3 is 2.61 bits per heavy atom. The Balaban J connectivity index is 1.99. The van der Waals surface area contributed by atoms with Crippen LogP contribution in [0.2, 0.25) is 0 Å². The third-order valence-electron chi connectivity index (χ3n) is 4.41. The smallest absolute Gasteiger partial charge is 0.242 e. The fourth-order valence-corrected chi connectivity index (χ4v) is 3.19. The second kappa shape index (κ2) is 6.54. The highest BCUT2D eigenvalue weighted by Gasteiger charge is 2.20. The minimum absolute atomic E-state index is 0.0285. The van der Waals surface area contributed by atoms with Crippen molar-refractivity contribution in [1.29, 1.82) is 0 Å². The number of ether oxygens (including phenoxy) is 1. The molecule has 0 saturated carbocycles. The lowest BCUT2D eigenvalue weighted by molar-refractivity contribution is -0.135. The number of Topliss-reactive ketones (excluding diaryl/α,β-unsaturated/α-hetero) is 1. The van der Waals surface area contributed by atoms with Crippen molar-refractivity contribution in [3.8, 4) is 0 Å². The first-order valence-corrected chi connectivity index (χ1v) is 8.09. The molecule has 1 aromatic carbocycles. The van der Waals surface area contributed by atoms with Crippen LogP contribution in [0.1, 0.15) is 29.8 Å². The largest absolute Gasteiger partial charge is 0.378 e. The Labute approximate surface area is 135 Å². The normalized spacial score (nSPS) is 15.1. The summed E-state index contributed by atoms with van der Waals surface area (Å²) in [5, 5.41) is 0.937. The topological polar surface area (TPSA) is 51.5 Å². The number of carbonyl (C=O) groups excluding carboxylic acids is 2. The predicted octanol–water partition coefficient (Wildman–Crippen LogP) is 2.27. The highest BCUT2D eigenvalue weighted by atomic mass is 16.5. The fourth-order valence-electron chi connectivity index (χ4n) is 3.19. The van der Waals surface area contributed by atoms with Gasteiger partial charge < -0.3 is 14.2 Å². The maximum atomic E-state index is 12.6. The van der Waals surface area contributed by atoms with Crippen LogP contribution in [0.25, 0.3) is 10.9 Å². The number of nitrogens with zero attached hydrogens (tertiary/aromatic N) is 2. The molecule has 1 aliphatic heterocycles. The van der Waals surface area contributed by atoms with E-state index in [-0.39, 0.29) is 18.2 Å². The van der Waals surface area contributed by atoms with Gasteiger partial charge in [-0.25, -0.2) is 0 Å². The van der Waals surface area contributed by atoms with Crippen molar-refractivity contribution in [2.45, 2.75) is 26.8 Å². The van der Waals surface area contributed by atoms with Crippen molar-refractivity contribution in [2.24, 2.45) is 0 Å². The summed E-state index contributed by atoms with van der Waals surface area (Å²) in [4.78, 5) is 26.3. The summed E-state index contributed by atoms with van der Waals surface area (Å²) in [7, 11) is 0. The molecule has 2 heterocycles. The summed E-state index contributed by atoms with van der Waals surface area (Å²) in [6.07, 6.45) is 2.69. The van der Waals surface area contributed by atoms with Gasteiger partial charge in [-0.15, -0.1) is 0 Å². The molecule has 1 fully saturated rings. The summed E-state index contributed by atoms with van der Waals surface area (Å²) in [6.45, 7) is 6.39. The van der Waals surface area contributed by atoms with E-state index in [1.807, 2.05) is 27.8 Å². The molecule has 0 atom stereocenters. The molecule has 0 N–H and O–H groups in total. The minimum atomic E-state index is 0.0285. The number of fused-ring (bicyclic) bond motifs is 1. The Hall–Kier alpha value is -2.14. The monoisotopic (exact) mass is 314 g/mol. The maximum Gasteiger partial charge on any atom is 0.242 e. The molecule has 1 aromatic heterocycles. The average Bonchev–Trinajstić information content (AvgIpc) is 2.94. The zero-order chi connectivity index (χ0) is 16.4. The molecule has 122 valence electrons. The Morgan fingerprint density at radius 1 is 1.22 bits per heavy atom. The number of amides is 1. The van der Waals surface area contributed by atoms with E-state index in [2.05, 4.69) is 13.0 Å². The number of para-hydroxylation sites is 1. The van der Waals surface area contributed by atoms with Gasteiger partial charge in [0.1, 0.15) is 6.54 Å². The third kappa shape index (κ3) is 3.01. The standard InChI is InChI=1S/C18H22N2O3/c1-3-14-5-4-6-15-16(13(2)21)11-20(18(14)15)12-17(22)19-7-9-23-10-8-19/h4-6,11H,3,7-10,12H2,1-2H3. The number of benzene rings is 1. The lowest BCUT2D eigenvalue weighted by atomic mass is 10.1. The van der Waals surface area contributed by atoms with E-state index in [9.17, 15) is 9.59 Å². The van der Waals surface area contributed by atoms with Gasteiger partial charge >= 0.3 is 0 Å². The highest BCUT2D eigenvalue weighted by Crippen LogP contribution is 2.26. The summed E-state index contributed by atoms with van der Waals surface area (Å²) in [5.74, 6) is 0.104. The number of carbonyl (C=O) groups is 2. The Kier molecular flexibility index (Phi) is 4.48. The van der Waals surface area contributed by atoms with Crippen molar-refractivity contribution in [3.63, 3.8) is 0 Å². The SMILES string of the molecule is CCc1cccc2c(C(C)=O)cn(CC(=O)N3CCOCC3)c12. The van der Waals surface area contributed by atoms with Gasteiger partial charge in [0.2, 0.25) is 5.91 Å². The molecule has 0 unspecified atom stereocenters. The summed E-state index contributed by atoms with van der Waals surface area (Å²) < 4.78 is 7.23. The zero-order valence-corrected chi connectivity index (χ0v) is 13.7. The molecule has 0 aliphatic carbocycles. The van der Waals surface area contributed by atoms with Crippen molar-refractivity contribution in [1.82, 2.24) is 9.47 Å². The molecule has 0 spiro atoms. The zero-order valence-electron chi connectivity index (χ0n) is 13.7. The van der Waals surface area contributed by atoms with Gasteiger partial charge in [-0.05, 0) is 18.9 Å². The number of hydrogen-bond donors (Lipinski definition) is 0. The second-order valence-electron chi connectivity index (χ2n) is 5.89. The third-order valence-corrected chi connectivity index (χ3v) is 4.41. The van der Waals surface area contributed by atoms with Crippen molar-refractivity contribution < 1.29 is 14.3 Å². The number of aryl methyl sites for hydroxylation is 1. The van der Waals surface area contributed by atoms with E-state index in [1.165, 1.54) is 0 Å². The van der Waals surface area contributed by atoms with Crippen LogP contribution >= 0.6 is 0 Å². The van der Waals surface area contributed by atoms with Crippen molar-refractivity contribution in [2.75, 3.05) is 26.3 Å². The van der Waals surface area contributed by atoms with E-state index in [1.54, 1.807) is 6.92 Å². The Morgan fingerprint density at radius 2 is 1.96 bits per heavy atom. The van der Waals surface area contributed by atoms with E-state index in [4.69, 9.17) is 4.74 Å².